The van der Waals surface area contributed by atoms with Gasteiger partial charge in [-0.05, 0) is 36.2 Å². The summed E-state index contributed by atoms with van der Waals surface area (Å²) in [6.07, 6.45) is 1.55. The van der Waals surface area contributed by atoms with Crippen LogP contribution >= 0.6 is 0 Å². The summed E-state index contributed by atoms with van der Waals surface area (Å²) in [4.78, 5) is 19.5. The topological polar surface area (TPSA) is 45.3 Å². The average molecular weight is 410 g/mol. The Labute approximate surface area is 179 Å². The van der Waals surface area contributed by atoms with Crippen molar-refractivity contribution in [3.05, 3.63) is 53.6 Å². The van der Waals surface area contributed by atoms with Crippen LogP contribution in [0.2, 0.25) is 0 Å². The molecule has 0 saturated carbocycles. The minimum atomic E-state index is 0.239. The van der Waals surface area contributed by atoms with Crippen molar-refractivity contribution < 1.29 is 14.3 Å². The molecule has 2 heterocycles. The van der Waals surface area contributed by atoms with Crippen LogP contribution in [0.15, 0.2) is 42.5 Å². The third kappa shape index (κ3) is 4.60. The highest BCUT2D eigenvalue weighted by Crippen LogP contribution is 2.28. The fraction of sp³-hybridized carbons (Fsp3) is 0.458. The largest absolute Gasteiger partial charge is 0.497 e. The summed E-state index contributed by atoms with van der Waals surface area (Å²) in [6, 6.07) is 14.2. The molecular weight excluding hydrogens is 378 g/mol. The maximum Gasteiger partial charge on any atom is 0.228 e. The second kappa shape index (κ2) is 9.49. The third-order valence-electron chi connectivity index (χ3n) is 6.18. The molecule has 6 nitrogen and oxygen atoms in total. The molecule has 2 aromatic rings. The first kappa shape index (κ1) is 20.7. The van der Waals surface area contributed by atoms with E-state index in [1.165, 1.54) is 5.56 Å². The van der Waals surface area contributed by atoms with Gasteiger partial charge in [-0.1, -0.05) is 18.2 Å². The molecule has 0 bridgehead atoms. The average Bonchev–Trinajstić information content (AvgIpc) is 3.22. The van der Waals surface area contributed by atoms with E-state index in [9.17, 15) is 4.79 Å². The molecule has 1 amide bonds. The van der Waals surface area contributed by atoms with Gasteiger partial charge in [0.2, 0.25) is 5.91 Å². The molecule has 0 atom stereocenters. The number of nitrogens with zero attached hydrogens (tertiary/aromatic N) is 3. The number of fused-ring (bicyclic) bond motifs is 1. The lowest BCUT2D eigenvalue weighted by molar-refractivity contribution is -0.118. The maximum atomic E-state index is 12.8. The van der Waals surface area contributed by atoms with Gasteiger partial charge in [-0.15, -0.1) is 0 Å². The maximum absolute atomic E-state index is 12.8. The van der Waals surface area contributed by atoms with Gasteiger partial charge in [-0.3, -0.25) is 9.69 Å². The lowest BCUT2D eigenvalue weighted by atomic mass is 10.1. The Morgan fingerprint density at radius 2 is 1.70 bits per heavy atom. The van der Waals surface area contributed by atoms with Gasteiger partial charge in [0, 0.05) is 63.5 Å². The molecule has 1 saturated heterocycles. The third-order valence-corrected chi connectivity index (χ3v) is 6.18. The van der Waals surface area contributed by atoms with Crippen LogP contribution in [0.1, 0.15) is 17.5 Å². The van der Waals surface area contributed by atoms with E-state index < -0.39 is 0 Å². The molecule has 160 valence electrons. The van der Waals surface area contributed by atoms with E-state index in [2.05, 4.69) is 28.0 Å². The smallest absolute Gasteiger partial charge is 0.228 e. The molecule has 0 radical (unpaired) electrons. The van der Waals surface area contributed by atoms with Crippen LogP contribution in [0.25, 0.3) is 0 Å². The number of carbonyl (C=O) groups excluding carboxylic acids is 1. The zero-order valence-electron chi connectivity index (χ0n) is 18.0. The lowest BCUT2D eigenvalue weighted by Crippen LogP contribution is -2.47. The molecule has 2 aromatic carbocycles. The predicted molar refractivity (Wildman–Crippen MR) is 118 cm³/mol. The number of piperazine rings is 1. The summed E-state index contributed by atoms with van der Waals surface area (Å²) in [6.45, 7) is 6.42. The van der Waals surface area contributed by atoms with Crippen molar-refractivity contribution in [3.8, 4) is 11.5 Å². The van der Waals surface area contributed by atoms with E-state index in [1.54, 1.807) is 14.2 Å². The van der Waals surface area contributed by atoms with Crippen molar-refractivity contribution >= 4 is 11.6 Å². The Bertz CT molecular complexity index is 878. The molecule has 0 unspecified atom stereocenters. The summed E-state index contributed by atoms with van der Waals surface area (Å²) in [5.74, 6) is 1.99. The number of anilines is 1. The van der Waals surface area contributed by atoms with Gasteiger partial charge in [-0.2, -0.15) is 0 Å². The van der Waals surface area contributed by atoms with Crippen LogP contribution in [-0.4, -0.2) is 69.2 Å². The number of rotatable bonds is 7. The SMILES string of the molecule is COc1ccc(OC)c(CN2CCN(CCC(=O)N3CCc4ccccc43)CC2)c1. The summed E-state index contributed by atoms with van der Waals surface area (Å²) >= 11 is 0. The van der Waals surface area contributed by atoms with Crippen molar-refractivity contribution in [2.45, 2.75) is 19.4 Å². The van der Waals surface area contributed by atoms with Crippen LogP contribution < -0.4 is 14.4 Å². The molecule has 2 aliphatic heterocycles. The van der Waals surface area contributed by atoms with Crippen molar-refractivity contribution in [1.29, 1.82) is 0 Å². The Morgan fingerprint density at radius 1 is 0.933 bits per heavy atom. The second-order valence-electron chi connectivity index (χ2n) is 7.97. The van der Waals surface area contributed by atoms with Crippen molar-refractivity contribution in [2.24, 2.45) is 0 Å². The quantitative estimate of drug-likeness (QED) is 0.704. The summed E-state index contributed by atoms with van der Waals surface area (Å²) in [5, 5.41) is 0. The minimum absolute atomic E-state index is 0.239. The van der Waals surface area contributed by atoms with Gasteiger partial charge < -0.3 is 19.3 Å². The van der Waals surface area contributed by atoms with Crippen LogP contribution in [0.5, 0.6) is 11.5 Å². The van der Waals surface area contributed by atoms with Gasteiger partial charge in [0.15, 0.2) is 0 Å². The van der Waals surface area contributed by atoms with E-state index in [0.29, 0.717) is 6.42 Å². The number of para-hydroxylation sites is 1. The molecule has 1 fully saturated rings. The highest BCUT2D eigenvalue weighted by atomic mass is 16.5. The number of hydrogen-bond acceptors (Lipinski definition) is 5. The number of carbonyl (C=O) groups is 1. The number of amides is 1. The standard InChI is InChI=1S/C24H31N3O3/c1-29-21-7-8-23(30-2)20(17-21)18-26-15-13-25(14-16-26)11-10-24(28)27-12-9-19-5-3-4-6-22(19)27/h3-8,17H,9-16,18H2,1-2H3. The number of benzene rings is 2. The highest BCUT2D eigenvalue weighted by Gasteiger charge is 2.25. The Kier molecular flexibility index (Phi) is 6.55. The normalized spacial score (nSPS) is 17.1. The molecule has 0 aliphatic carbocycles. The Morgan fingerprint density at radius 3 is 2.47 bits per heavy atom. The zero-order chi connectivity index (χ0) is 20.9. The van der Waals surface area contributed by atoms with E-state index in [1.807, 2.05) is 29.2 Å². The molecular formula is C24H31N3O3. The van der Waals surface area contributed by atoms with Gasteiger partial charge in [0.05, 0.1) is 14.2 Å². The van der Waals surface area contributed by atoms with Crippen LogP contribution in [0, 0.1) is 0 Å². The summed E-state index contributed by atoms with van der Waals surface area (Å²) in [5.41, 5.74) is 3.53. The molecule has 4 rings (SSSR count). The van der Waals surface area contributed by atoms with Gasteiger partial charge >= 0.3 is 0 Å². The molecule has 6 heteroatoms. The van der Waals surface area contributed by atoms with Crippen molar-refractivity contribution in [1.82, 2.24) is 9.80 Å². The summed E-state index contributed by atoms with van der Waals surface area (Å²) < 4.78 is 10.9. The first-order chi connectivity index (χ1) is 14.7. The fourth-order valence-corrected chi connectivity index (χ4v) is 4.40. The van der Waals surface area contributed by atoms with Crippen molar-refractivity contribution in [3.63, 3.8) is 0 Å². The molecule has 0 aromatic heterocycles. The first-order valence-electron chi connectivity index (χ1n) is 10.7. The number of ether oxygens (including phenoxy) is 2. The van der Waals surface area contributed by atoms with E-state index >= 15 is 0 Å². The fourth-order valence-electron chi connectivity index (χ4n) is 4.40. The predicted octanol–water partition coefficient (Wildman–Crippen LogP) is 2.80. The minimum Gasteiger partial charge on any atom is -0.497 e. The van der Waals surface area contributed by atoms with Gasteiger partial charge in [0.1, 0.15) is 11.5 Å². The number of hydrogen-bond donors (Lipinski definition) is 0. The van der Waals surface area contributed by atoms with Gasteiger partial charge in [-0.25, -0.2) is 0 Å². The molecule has 30 heavy (non-hydrogen) atoms. The number of methoxy groups -OCH3 is 2. The van der Waals surface area contributed by atoms with E-state index in [0.717, 1.165) is 75.0 Å². The highest BCUT2D eigenvalue weighted by molar-refractivity contribution is 5.95. The lowest BCUT2D eigenvalue weighted by Gasteiger charge is -2.35. The van der Waals surface area contributed by atoms with Crippen LogP contribution in [-0.2, 0) is 17.8 Å². The molecule has 2 aliphatic rings. The Hall–Kier alpha value is -2.57. The van der Waals surface area contributed by atoms with Gasteiger partial charge in [0.25, 0.3) is 0 Å². The zero-order valence-corrected chi connectivity index (χ0v) is 18.0. The molecule has 0 N–H and O–H groups in total. The van der Waals surface area contributed by atoms with E-state index in [-0.39, 0.29) is 5.91 Å². The van der Waals surface area contributed by atoms with Crippen LogP contribution in [0.4, 0.5) is 5.69 Å². The summed E-state index contributed by atoms with van der Waals surface area (Å²) in [7, 11) is 3.39. The van der Waals surface area contributed by atoms with Crippen LogP contribution in [0.3, 0.4) is 0 Å². The first-order valence-corrected chi connectivity index (χ1v) is 10.7. The molecule has 0 spiro atoms. The van der Waals surface area contributed by atoms with Crippen molar-refractivity contribution in [2.75, 3.05) is 58.4 Å². The van der Waals surface area contributed by atoms with E-state index in [4.69, 9.17) is 9.47 Å². The Balaban J connectivity index is 1.25. The monoisotopic (exact) mass is 409 g/mol. The second-order valence-corrected chi connectivity index (χ2v) is 7.97.